The highest BCUT2D eigenvalue weighted by Gasteiger charge is 2.21. The number of morpholine rings is 1. The lowest BCUT2D eigenvalue weighted by Gasteiger charge is -2.28. The van der Waals surface area contributed by atoms with Crippen LogP contribution in [0.15, 0.2) is 30.3 Å². The van der Waals surface area contributed by atoms with Gasteiger partial charge in [-0.15, -0.1) is 0 Å². The van der Waals surface area contributed by atoms with Crippen molar-refractivity contribution in [3.8, 4) is 0 Å². The number of ether oxygens (including phenoxy) is 1. The molecule has 1 aliphatic rings. The second-order valence-electron chi connectivity index (χ2n) is 3.89. The molecule has 0 aromatic heterocycles. The number of rotatable bonds is 3. The van der Waals surface area contributed by atoms with Crippen LogP contribution in [0, 0.1) is 0 Å². The van der Waals surface area contributed by atoms with Crippen LogP contribution in [-0.2, 0) is 11.2 Å². The highest BCUT2D eigenvalue weighted by Crippen LogP contribution is 2.07. The van der Waals surface area contributed by atoms with Gasteiger partial charge in [-0.2, -0.15) is 0 Å². The van der Waals surface area contributed by atoms with Crippen molar-refractivity contribution in [3.05, 3.63) is 35.9 Å². The third kappa shape index (κ3) is 3.02. The highest BCUT2D eigenvalue weighted by atomic mass is 16.5. The topological polar surface area (TPSA) is 41.5 Å². The van der Waals surface area contributed by atoms with Crippen LogP contribution in [0.4, 0.5) is 0 Å². The lowest BCUT2D eigenvalue weighted by atomic mass is 10.0. The van der Waals surface area contributed by atoms with E-state index in [2.05, 4.69) is 5.32 Å². The molecule has 2 rings (SSSR count). The molecule has 0 bridgehead atoms. The van der Waals surface area contributed by atoms with Crippen LogP contribution in [-0.4, -0.2) is 37.0 Å². The molecule has 0 radical (unpaired) electrons. The zero-order chi connectivity index (χ0) is 10.5. The van der Waals surface area contributed by atoms with Crippen molar-refractivity contribution in [3.63, 3.8) is 0 Å². The fourth-order valence-corrected chi connectivity index (χ4v) is 1.83. The van der Waals surface area contributed by atoms with Crippen molar-refractivity contribution in [1.82, 2.24) is 5.32 Å². The van der Waals surface area contributed by atoms with Gasteiger partial charge < -0.3 is 15.2 Å². The normalized spacial score (nSPS) is 23.7. The van der Waals surface area contributed by atoms with E-state index in [0.717, 1.165) is 18.7 Å². The van der Waals surface area contributed by atoms with Gasteiger partial charge in [-0.3, -0.25) is 0 Å². The lowest BCUT2D eigenvalue weighted by molar-refractivity contribution is 0.0187. The van der Waals surface area contributed by atoms with Gasteiger partial charge in [0, 0.05) is 6.54 Å². The zero-order valence-corrected chi connectivity index (χ0v) is 8.73. The summed E-state index contributed by atoms with van der Waals surface area (Å²) in [5.41, 5.74) is 1.16. The lowest BCUT2D eigenvalue weighted by Crippen LogP contribution is -2.49. The second kappa shape index (κ2) is 5.26. The maximum atomic E-state index is 9.98. The summed E-state index contributed by atoms with van der Waals surface area (Å²) in [6, 6.07) is 10.1. The first-order valence-electron chi connectivity index (χ1n) is 5.39. The van der Waals surface area contributed by atoms with E-state index in [4.69, 9.17) is 4.74 Å². The predicted molar refractivity (Wildman–Crippen MR) is 58.8 cm³/mol. The van der Waals surface area contributed by atoms with E-state index in [1.807, 2.05) is 30.3 Å². The Balaban J connectivity index is 1.88. The van der Waals surface area contributed by atoms with Gasteiger partial charge in [-0.05, 0) is 12.0 Å². The van der Waals surface area contributed by atoms with Crippen LogP contribution in [0.2, 0.25) is 0 Å². The Kier molecular flexibility index (Phi) is 3.72. The molecule has 1 unspecified atom stereocenters. The maximum absolute atomic E-state index is 9.98. The fraction of sp³-hybridized carbons (Fsp3) is 0.500. The van der Waals surface area contributed by atoms with Crippen LogP contribution in [0.1, 0.15) is 5.56 Å². The van der Waals surface area contributed by atoms with Gasteiger partial charge in [-0.25, -0.2) is 0 Å². The van der Waals surface area contributed by atoms with Crippen LogP contribution >= 0.6 is 0 Å². The molecule has 3 heteroatoms. The van der Waals surface area contributed by atoms with Gasteiger partial charge in [0.15, 0.2) is 0 Å². The molecule has 1 aliphatic heterocycles. The van der Waals surface area contributed by atoms with E-state index in [-0.39, 0.29) is 12.1 Å². The molecule has 3 nitrogen and oxygen atoms in total. The van der Waals surface area contributed by atoms with Crippen LogP contribution in [0.3, 0.4) is 0 Å². The number of nitrogens with one attached hydrogen (secondary N) is 1. The Morgan fingerprint density at radius 1 is 1.40 bits per heavy atom. The largest absolute Gasteiger partial charge is 0.391 e. The number of hydrogen-bond donors (Lipinski definition) is 2. The average Bonchev–Trinajstić information content (AvgIpc) is 2.31. The van der Waals surface area contributed by atoms with E-state index >= 15 is 0 Å². The van der Waals surface area contributed by atoms with Gasteiger partial charge in [0.2, 0.25) is 0 Å². The van der Waals surface area contributed by atoms with E-state index in [1.165, 1.54) is 0 Å². The van der Waals surface area contributed by atoms with Gasteiger partial charge >= 0.3 is 0 Å². The third-order valence-corrected chi connectivity index (χ3v) is 2.70. The number of benzene rings is 1. The first-order chi connectivity index (χ1) is 7.36. The molecular formula is C12H17NO2. The Hall–Kier alpha value is -0.900. The monoisotopic (exact) mass is 207 g/mol. The van der Waals surface area contributed by atoms with Gasteiger partial charge in [0.05, 0.1) is 25.4 Å². The van der Waals surface area contributed by atoms with Crippen molar-refractivity contribution in [2.24, 2.45) is 0 Å². The molecule has 1 aromatic carbocycles. The molecule has 0 spiro atoms. The van der Waals surface area contributed by atoms with E-state index in [9.17, 15) is 5.11 Å². The summed E-state index contributed by atoms with van der Waals surface area (Å²) in [5, 5.41) is 13.2. The Morgan fingerprint density at radius 2 is 2.20 bits per heavy atom. The van der Waals surface area contributed by atoms with Gasteiger partial charge in [0.1, 0.15) is 0 Å². The molecule has 0 amide bonds. The van der Waals surface area contributed by atoms with Crippen molar-refractivity contribution in [2.75, 3.05) is 19.8 Å². The molecule has 1 saturated heterocycles. The average molecular weight is 207 g/mol. The molecule has 2 atom stereocenters. The number of hydrogen-bond acceptors (Lipinski definition) is 3. The summed E-state index contributed by atoms with van der Waals surface area (Å²) in [4.78, 5) is 0. The standard InChI is InChI=1S/C12H17NO2/c14-12(11-9-15-7-6-13-11)8-10-4-2-1-3-5-10/h1-5,11-14H,6-9H2/t11-,12?/m1/s1. The van der Waals surface area contributed by atoms with Gasteiger partial charge in [-0.1, -0.05) is 30.3 Å². The smallest absolute Gasteiger partial charge is 0.0756 e. The minimum atomic E-state index is -0.368. The Labute approximate surface area is 90.1 Å². The van der Waals surface area contributed by atoms with Crippen LogP contribution in [0.25, 0.3) is 0 Å². The molecule has 2 N–H and O–H groups in total. The number of aliphatic hydroxyl groups excluding tert-OH is 1. The molecular weight excluding hydrogens is 190 g/mol. The molecule has 0 saturated carbocycles. The Bertz CT molecular complexity index is 283. The van der Waals surface area contributed by atoms with Gasteiger partial charge in [0.25, 0.3) is 0 Å². The minimum Gasteiger partial charge on any atom is -0.391 e. The summed E-state index contributed by atoms with van der Waals surface area (Å²) in [6.45, 7) is 2.18. The SMILES string of the molecule is OC(Cc1ccccc1)[C@H]1COCCN1. The molecule has 1 aromatic rings. The number of aliphatic hydroxyl groups is 1. The van der Waals surface area contributed by atoms with Crippen molar-refractivity contribution < 1.29 is 9.84 Å². The van der Waals surface area contributed by atoms with Crippen molar-refractivity contribution in [2.45, 2.75) is 18.6 Å². The maximum Gasteiger partial charge on any atom is 0.0756 e. The summed E-state index contributed by atoms with van der Waals surface area (Å²) >= 11 is 0. The fourth-order valence-electron chi connectivity index (χ4n) is 1.83. The van der Waals surface area contributed by atoms with Crippen molar-refractivity contribution >= 4 is 0 Å². The van der Waals surface area contributed by atoms with E-state index < -0.39 is 0 Å². The van der Waals surface area contributed by atoms with Crippen LogP contribution < -0.4 is 5.32 Å². The predicted octanol–water partition coefficient (Wildman–Crippen LogP) is 0.578. The summed E-state index contributed by atoms with van der Waals surface area (Å²) in [5.74, 6) is 0. The van der Waals surface area contributed by atoms with E-state index in [1.54, 1.807) is 0 Å². The molecule has 82 valence electrons. The first kappa shape index (κ1) is 10.6. The molecule has 0 aliphatic carbocycles. The summed E-state index contributed by atoms with van der Waals surface area (Å²) < 4.78 is 5.32. The summed E-state index contributed by atoms with van der Waals surface area (Å²) in [7, 11) is 0. The zero-order valence-electron chi connectivity index (χ0n) is 8.73. The van der Waals surface area contributed by atoms with E-state index in [0.29, 0.717) is 13.0 Å². The van der Waals surface area contributed by atoms with Crippen LogP contribution in [0.5, 0.6) is 0 Å². The molecule has 1 heterocycles. The highest BCUT2D eigenvalue weighted by molar-refractivity contribution is 5.15. The quantitative estimate of drug-likeness (QED) is 0.761. The summed E-state index contributed by atoms with van der Waals surface area (Å²) in [6.07, 6.45) is 0.315. The third-order valence-electron chi connectivity index (χ3n) is 2.70. The Morgan fingerprint density at radius 3 is 2.87 bits per heavy atom. The first-order valence-corrected chi connectivity index (χ1v) is 5.39. The second-order valence-corrected chi connectivity index (χ2v) is 3.89. The van der Waals surface area contributed by atoms with Crippen molar-refractivity contribution in [1.29, 1.82) is 0 Å². The molecule has 15 heavy (non-hydrogen) atoms. The minimum absolute atomic E-state index is 0.0685. The molecule has 1 fully saturated rings.